The summed E-state index contributed by atoms with van der Waals surface area (Å²) in [7, 11) is 3.09. The van der Waals surface area contributed by atoms with Crippen LogP contribution in [0.4, 0.5) is 14.9 Å². The topological polar surface area (TPSA) is 79.9 Å². The molecule has 0 aliphatic carbocycles. The number of likely N-dealkylation sites (tertiary alicyclic amines) is 1. The molecule has 3 rings (SSSR count). The number of benzene rings is 2. The van der Waals surface area contributed by atoms with Crippen LogP contribution in [-0.2, 0) is 4.79 Å². The van der Waals surface area contributed by atoms with Crippen molar-refractivity contribution in [1.82, 2.24) is 10.2 Å². The van der Waals surface area contributed by atoms with Gasteiger partial charge in [-0.2, -0.15) is 0 Å². The summed E-state index contributed by atoms with van der Waals surface area (Å²) >= 11 is 0. The van der Waals surface area contributed by atoms with Crippen molar-refractivity contribution in [2.75, 3.05) is 32.6 Å². The highest BCUT2D eigenvalue weighted by Gasteiger charge is 2.35. The number of carbonyl (C=O) groups excluding carboxylic acids is 2. The maximum absolute atomic E-state index is 13.4. The van der Waals surface area contributed by atoms with Gasteiger partial charge in [0.2, 0.25) is 5.91 Å². The number of nitrogens with zero attached hydrogens (tertiary/aromatic N) is 1. The lowest BCUT2D eigenvalue weighted by atomic mass is 9.88. The van der Waals surface area contributed by atoms with Gasteiger partial charge >= 0.3 is 6.03 Å². The third-order valence-corrected chi connectivity index (χ3v) is 5.94. The SMILES string of the molecule is CCCCNC(=O)N1CC(C(=O)Nc2ccc(OC)cc2OC)CCC1c1ccc(F)cc1. The minimum absolute atomic E-state index is 0.178. The van der Waals surface area contributed by atoms with Gasteiger partial charge in [-0.1, -0.05) is 25.5 Å². The molecule has 33 heavy (non-hydrogen) atoms. The summed E-state index contributed by atoms with van der Waals surface area (Å²) in [5, 5.41) is 5.88. The molecule has 2 N–H and O–H groups in total. The van der Waals surface area contributed by atoms with Gasteiger partial charge in [0, 0.05) is 19.2 Å². The molecule has 2 unspecified atom stereocenters. The summed E-state index contributed by atoms with van der Waals surface area (Å²) in [4.78, 5) is 27.8. The summed E-state index contributed by atoms with van der Waals surface area (Å²) in [6.45, 7) is 2.90. The zero-order valence-corrected chi connectivity index (χ0v) is 19.4. The van der Waals surface area contributed by atoms with E-state index in [0.29, 0.717) is 36.6 Å². The molecule has 1 saturated heterocycles. The summed E-state index contributed by atoms with van der Waals surface area (Å²) in [6, 6.07) is 11.0. The van der Waals surface area contributed by atoms with Crippen molar-refractivity contribution in [3.8, 4) is 11.5 Å². The van der Waals surface area contributed by atoms with E-state index in [0.717, 1.165) is 18.4 Å². The van der Waals surface area contributed by atoms with Gasteiger partial charge in [-0.15, -0.1) is 0 Å². The smallest absolute Gasteiger partial charge is 0.317 e. The van der Waals surface area contributed by atoms with E-state index in [1.807, 2.05) is 0 Å². The van der Waals surface area contributed by atoms with E-state index in [-0.39, 0.29) is 36.3 Å². The lowest BCUT2D eigenvalue weighted by Gasteiger charge is -2.39. The highest BCUT2D eigenvalue weighted by Crippen LogP contribution is 2.35. The van der Waals surface area contributed by atoms with Crippen LogP contribution in [0.2, 0.25) is 0 Å². The molecule has 7 nitrogen and oxygen atoms in total. The second-order valence-electron chi connectivity index (χ2n) is 8.13. The highest BCUT2D eigenvalue weighted by atomic mass is 19.1. The standard InChI is InChI=1S/C25H32FN3O4/c1-4-5-14-27-25(31)29-16-18(8-13-22(29)17-6-9-19(26)10-7-17)24(30)28-21-12-11-20(32-2)15-23(21)33-3/h6-7,9-12,15,18,22H,4-5,8,13-14,16H2,1-3H3,(H,27,31)(H,28,30). The van der Waals surface area contributed by atoms with E-state index in [1.165, 1.54) is 19.2 Å². The Bertz CT molecular complexity index is 951. The van der Waals surface area contributed by atoms with Gasteiger partial charge in [-0.3, -0.25) is 4.79 Å². The number of urea groups is 1. The average molecular weight is 458 g/mol. The van der Waals surface area contributed by atoms with Gasteiger partial charge < -0.3 is 25.0 Å². The Balaban J connectivity index is 1.76. The first-order valence-corrected chi connectivity index (χ1v) is 11.3. The first kappa shape index (κ1) is 24.4. The zero-order chi connectivity index (χ0) is 23.8. The molecule has 2 atom stereocenters. The first-order valence-electron chi connectivity index (χ1n) is 11.3. The average Bonchev–Trinajstić information content (AvgIpc) is 2.84. The lowest BCUT2D eigenvalue weighted by molar-refractivity contribution is -0.121. The Hall–Kier alpha value is -3.29. The Labute approximate surface area is 194 Å². The van der Waals surface area contributed by atoms with E-state index in [1.54, 1.807) is 42.3 Å². The number of rotatable bonds is 8. The van der Waals surface area contributed by atoms with Crippen molar-refractivity contribution in [3.63, 3.8) is 0 Å². The number of nitrogens with one attached hydrogen (secondary N) is 2. The predicted octanol–water partition coefficient (Wildman–Crippen LogP) is 4.74. The van der Waals surface area contributed by atoms with Gasteiger partial charge in [0.1, 0.15) is 17.3 Å². The van der Waals surface area contributed by atoms with Crippen LogP contribution in [0.25, 0.3) is 0 Å². The number of unbranched alkanes of at least 4 members (excludes halogenated alkanes) is 1. The van der Waals surface area contributed by atoms with E-state index in [4.69, 9.17) is 9.47 Å². The molecule has 178 valence electrons. The van der Waals surface area contributed by atoms with Crippen molar-refractivity contribution in [3.05, 3.63) is 53.8 Å². The normalized spacial score (nSPS) is 17.9. The molecule has 0 bridgehead atoms. The van der Waals surface area contributed by atoms with Gasteiger partial charge in [0.25, 0.3) is 0 Å². The Morgan fingerprint density at radius 3 is 2.52 bits per heavy atom. The number of piperidine rings is 1. The maximum atomic E-state index is 13.4. The molecule has 2 aromatic rings. The van der Waals surface area contributed by atoms with Crippen molar-refractivity contribution < 1.29 is 23.5 Å². The summed E-state index contributed by atoms with van der Waals surface area (Å²) < 4.78 is 24.0. The molecule has 0 aromatic heterocycles. The third kappa shape index (κ3) is 6.15. The molecule has 0 saturated carbocycles. The van der Waals surface area contributed by atoms with Crippen molar-refractivity contribution >= 4 is 17.6 Å². The molecule has 1 aliphatic rings. The van der Waals surface area contributed by atoms with E-state index in [2.05, 4.69) is 17.6 Å². The van der Waals surface area contributed by atoms with Gasteiger partial charge in [0.15, 0.2) is 0 Å². The highest BCUT2D eigenvalue weighted by molar-refractivity contribution is 5.94. The Morgan fingerprint density at radius 2 is 1.85 bits per heavy atom. The Morgan fingerprint density at radius 1 is 1.09 bits per heavy atom. The minimum atomic E-state index is -0.384. The van der Waals surface area contributed by atoms with Crippen molar-refractivity contribution in [1.29, 1.82) is 0 Å². The number of amides is 3. The molecular weight excluding hydrogens is 425 g/mol. The van der Waals surface area contributed by atoms with Crippen LogP contribution in [0.1, 0.15) is 44.2 Å². The first-order chi connectivity index (χ1) is 16.0. The molecule has 0 radical (unpaired) electrons. The fraction of sp³-hybridized carbons (Fsp3) is 0.440. The third-order valence-electron chi connectivity index (χ3n) is 5.94. The van der Waals surface area contributed by atoms with Crippen LogP contribution >= 0.6 is 0 Å². The second kappa shape index (κ2) is 11.5. The van der Waals surface area contributed by atoms with Crippen LogP contribution in [0, 0.1) is 11.7 Å². The van der Waals surface area contributed by atoms with Crippen LogP contribution in [0.5, 0.6) is 11.5 Å². The summed E-state index contributed by atoms with van der Waals surface area (Å²) in [5.74, 6) is 0.239. The molecule has 1 fully saturated rings. The molecule has 1 heterocycles. The number of hydrogen-bond donors (Lipinski definition) is 2. The minimum Gasteiger partial charge on any atom is -0.497 e. The molecule has 8 heteroatoms. The molecule has 1 aliphatic heterocycles. The fourth-order valence-corrected chi connectivity index (χ4v) is 4.05. The monoisotopic (exact) mass is 457 g/mol. The number of hydrogen-bond acceptors (Lipinski definition) is 4. The van der Waals surface area contributed by atoms with E-state index in [9.17, 15) is 14.0 Å². The maximum Gasteiger partial charge on any atom is 0.317 e. The lowest BCUT2D eigenvalue weighted by Crippen LogP contribution is -2.49. The molecular formula is C25H32FN3O4. The number of halogens is 1. The van der Waals surface area contributed by atoms with E-state index < -0.39 is 0 Å². The quantitative estimate of drug-likeness (QED) is 0.561. The number of methoxy groups -OCH3 is 2. The number of anilines is 1. The van der Waals surface area contributed by atoms with Crippen LogP contribution in [0.15, 0.2) is 42.5 Å². The summed E-state index contributed by atoms with van der Waals surface area (Å²) in [5.41, 5.74) is 1.40. The fourth-order valence-electron chi connectivity index (χ4n) is 4.05. The van der Waals surface area contributed by atoms with Crippen molar-refractivity contribution in [2.24, 2.45) is 5.92 Å². The summed E-state index contributed by atoms with van der Waals surface area (Å²) in [6.07, 6.45) is 3.05. The number of carbonyl (C=O) groups is 2. The van der Waals surface area contributed by atoms with E-state index >= 15 is 0 Å². The molecule has 2 aromatic carbocycles. The predicted molar refractivity (Wildman–Crippen MR) is 125 cm³/mol. The van der Waals surface area contributed by atoms with Gasteiger partial charge in [-0.25, -0.2) is 9.18 Å². The largest absolute Gasteiger partial charge is 0.497 e. The van der Waals surface area contributed by atoms with Crippen molar-refractivity contribution in [2.45, 2.75) is 38.6 Å². The number of ether oxygens (including phenoxy) is 2. The van der Waals surface area contributed by atoms with Crippen LogP contribution in [-0.4, -0.2) is 44.1 Å². The van der Waals surface area contributed by atoms with Gasteiger partial charge in [0.05, 0.1) is 31.9 Å². The Kier molecular flexibility index (Phi) is 8.52. The van der Waals surface area contributed by atoms with Crippen LogP contribution < -0.4 is 20.1 Å². The van der Waals surface area contributed by atoms with Crippen LogP contribution in [0.3, 0.4) is 0 Å². The zero-order valence-electron chi connectivity index (χ0n) is 19.4. The molecule has 0 spiro atoms. The van der Waals surface area contributed by atoms with Gasteiger partial charge in [-0.05, 0) is 49.1 Å². The second-order valence-corrected chi connectivity index (χ2v) is 8.13. The molecule has 3 amide bonds.